The number of nitrogens with zero attached hydrogens (tertiary/aromatic N) is 3. The smallest absolute Gasteiger partial charge is 0.284 e. The van der Waals surface area contributed by atoms with Gasteiger partial charge in [-0.25, -0.2) is 0 Å². The van der Waals surface area contributed by atoms with Crippen molar-refractivity contribution in [3.05, 3.63) is 52.7 Å². The monoisotopic (exact) mass is 216 g/mol. The molecule has 16 heavy (non-hydrogen) atoms. The van der Waals surface area contributed by atoms with Crippen LogP contribution in [0.5, 0.6) is 0 Å². The summed E-state index contributed by atoms with van der Waals surface area (Å²) < 4.78 is 1.08. The summed E-state index contributed by atoms with van der Waals surface area (Å²) in [6.07, 6.45) is 4.39. The number of hydrogen-bond donors (Lipinski definition) is 1. The highest BCUT2D eigenvalue weighted by Gasteiger charge is 2.10. The lowest BCUT2D eigenvalue weighted by Gasteiger charge is -2.03. The average molecular weight is 216 g/mol. The van der Waals surface area contributed by atoms with Gasteiger partial charge in [0.1, 0.15) is 5.56 Å². The Balaban J connectivity index is 2.64. The SMILES string of the molecule is NC(=O)c1ccnn(-c2cccnc2)c1=O. The molecule has 0 aromatic carbocycles. The van der Waals surface area contributed by atoms with Gasteiger partial charge in [0, 0.05) is 12.4 Å². The second-order valence-corrected chi connectivity index (χ2v) is 3.04. The number of rotatable bonds is 2. The first-order valence-electron chi connectivity index (χ1n) is 4.48. The summed E-state index contributed by atoms with van der Waals surface area (Å²) >= 11 is 0. The minimum Gasteiger partial charge on any atom is -0.365 e. The summed E-state index contributed by atoms with van der Waals surface area (Å²) in [4.78, 5) is 26.6. The second-order valence-electron chi connectivity index (χ2n) is 3.04. The molecule has 0 aliphatic heterocycles. The maximum Gasteiger partial charge on any atom is 0.284 e. The quantitative estimate of drug-likeness (QED) is 0.747. The first-order valence-corrected chi connectivity index (χ1v) is 4.48. The van der Waals surface area contributed by atoms with Crippen molar-refractivity contribution >= 4 is 5.91 Å². The molecule has 2 rings (SSSR count). The zero-order valence-corrected chi connectivity index (χ0v) is 8.20. The van der Waals surface area contributed by atoms with E-state index in [9.17, 15) is 9.59 Å². The molecule has 80 valence electrons. The molecule has 0 aliphatic carbocycles. The van der Waals surface area contributed by atoms with E-state index in [1.54, 1.807) is 18.3 Å². The maximum absolute atomic E-state index is 11.8. The van der Waals surface area contributed by atoms with Crippen LogP contribution in [-0.4, -0.2) is 20.7 Å². The van der Waals surface area contributed by atoms with Crippen LogP contribution in [0, 0.1) is 0 Å². The molecule has 0 aliphatic rings. The molecule has 0 spiro atoms. The van der Waals surface area contributed by atoms with Crippen LogP contribution in [0.4, 0.5) is 0 Å². The van der Waals surface area contributed by atoms with Crippen LogP contribution in [0.3, 0.4) is 0 Å². The van der Waals surface area contributed by atoms with Crippen LogP contribution in [0.2, 0.25) is 0 Å². The number of carbonyl (C=O) groups excluding carboxylic acids is 1. The largest absolute Gasteiger partial charge is 0.365 e. The molecule has 2 aromatic rings. The molecule has 2 aromatic heterocycles. The van der Waals surface area contributed by atoms with Crippen LogP contribution in [0.1, 0.15) is 10.4 Å². The summed E-state index contributed by atoms with van der Waals surface area (Å²) in [5.74, 6) is -0.773. The van der Waals surface area contributed by atoms with E-state index in [1.165, 1.54) is 18.5 Å². The molecule has 2 N–H and O–H groups in total. The highest BCUT2D eigenvalue weighted by Crippen LogP contribution is 1.99. The van der Waals surface area contributed by atoms with Crippen LogP contribution in [-0.2, 0) is 0 Å². The van der Waals surface area contributed by atoms with Gasteiger partial charge in [-0.1, -0.05) is 0 Å². The van der Waals surface area contributed by atoms with Crippen LogP contribution in [0.15, 0.2) is 41.6 Å². The third kappa shape index (κ3) is 1.68. The topological polar surface area (TPSA) is 90.9 Å². The van der Waals surface area contributed by atoms with E-state index in [4.69, 9.17) is 5.73 Å². The van der Waals surface area contributed by atoms with Gasteiger partial charge < -0.3 is 5.73 Å². The van der Waals surface area contributed by atoms with E-state index in [1.807, 2.05) is 0 Å². The van der Waals surface area contributed by atoms with Crippen molar-refractivity contribution < 1.29 is 4.79 Å². The highest BCUT2D eigenvalue weighted by molar-refractivity contribution is 5.92. The Morgan fingerprint density at radius 2 is 2.12 bits per heavy atom. The molecule has 1 amide bonds. The molecule has 0 radical (unpaired) electrons. The standard InChI is InChI=1S/C10H8N4O2/c11-9(15)8-3-5-13-14(10(8)16)7-2-1-4-12-6-7/h1-6H,(H2,11,15). The minimum atomic E-state index is -0.773. The Labute approximate surface area is 90.4 Å². The van der Waals surface area contributed by atoms with Crippen molar-refractivity contribution in [1.29, 1.82) is 0 Å². The Morgan fingerprint density at radius 1 is 1.31 bits per heavy atom. The Kier molecular flexibility index (Phi) is 2.47. The van der Waals surface area contributed by atoms with Crippen LogP contribution < -0.4 is 11.3 Å². The third-order valence-electron chi connectivity index (χ3n) is 2.00. The number of hydrogen-bond acceptors (Lipinski definition) is 4. The summed E-state index contributed by atoms with van der Waals surface area (Å²) in [5.41, 5.74) is 4.90. The number of carbonyl (C=O) groups is 1. The minimum absolute atomic E-state index is 0.0983. The van der Waals surface area contributed by atoms with Crippen molar-refractivity contribution in [1.82, 2.24) is 14.8 Å². The lowest BCUT2D eigenvalue weighted by Crippen LogP contribution is -2.29. The van der Waals surface area contributed by atoms with Crippen LogP contribution >= 0.6 is 0 Å². The van der Waals surface area contributed by atoms with Crippen molar-refractivity contribution in [2.45, 2.75) is 0 Å². The zero-order valence-electron chi connectivity index (χ0n) is 8.20. The van der Waals surface area contributed by atoms with Crippen molar-refractivity contribution in [3.8, 4) is 5.69 Å². The normalized spacial score (nSPS) is 10.0. The fourth-order valence-corrected chi connectivity index (χ4v) is 1.26. The van der Waals surface area contributed by atoms with Crippen LogP contribution in [0.25, 0.3) is 5.69 Å². The molecule has 0 saturated heterocycles. The van der Waals surface area contributed by atoms with Gasteiger partial charge in [0.15, 0.2) is 0 Å². The summed E-state index contributed by atoms with van der Waals surface area (Å²) in [7, 11) is 0. The van der Waals surface area contributed by atoms with Gasteiger partial charge in [0.2, 0.25) is 0 Å². The van der Waals surface area contributed by atoms with E-state index >= 15 is 0 Å². The van der Waals surface area contributed by atoms with Gasteiger partial charge >= 0.3 is 0 Å². The van der Waals surface area contributed by atoms with Gasteiger partial charge in [-0.15, -0.1) is 0 Å². The van der Waals surface area contributed by atoms with Gasteiger partial charge in [0.05, 0.1) is 11.9 Å². The maximum atomic E-state index is 11.8. The van der Waals surface area contributed by atoms with Gasteiger partial charge in [-0.3, -0.25) is 14.6 Å². The van der Waals surface area contributed by atoms with Crippen molar-refractivity contribution in [2.24, 2.45) is 5.73 Å². The van der Waals surface area contributed by atoms with Gasteiger partial charge in [0.25, 0.3) is 11.5 Å². The lowest BCUT2D eigenvalue weighted by atomic mass is 10.3. The van der Waals surface area contributed by atoms with Gasteiger partial charge in [-0.05, 0) is 18.2 Å². The molecule has 0 saturated carbocycles. The number of amides is 1. The van der Waals surface area contributed by atoms with Gasteiger partial charge in [-0.2, -0.15) is 9.78 Å². The molecule has 2 heterocycles. The summed E-state index contributed by atoms with van der Waals surface area (Å²) in [5, 5.41) is 3.85. The Hall–Kier alpha value is -2.50. The first-order chi connectivity index (χ1) is 7.70. The predicted octanol–water partition coefficient (Wildman–Crippen LogP) is -0.274. The number of aromatic nitrogens is 3. The molecule has 6 nitrogen and oxygen atoms in total. The lowest BCUT2D eigenvalue weighted by molar-refractivity contribution is 0.0998. The predicted molar refractivity (Wildman–Crippen MR) is 56.1 cm³/mol. The second kappa shape index (κ2) is 3.93. The molecule has 0 unspecified atom stereocenters. The molecule has 6 heteroatoms. The molecular formula is C10H8N4O2. The first kappa shape index (κ1) is 10.0. The molecule has 0 fully saturated rings. The fourth-order valence-electron chi connectivity index (χ4n) is 1.26. The average Bonchev–Trinajstić information content (AvgIpc) is 2.30. The van der Waals surface area contributed by atoms with Crippen molar-refractivity contribution in [3.63, 3.8) is 0 Å². The van der Waals surface area contributed by atoms with E-state index < -0.39 is 11.5 Å². The highest BCUT2D eigenvalue weighted by atomic mass is 16.2. The fraction of sp³-hybridized carbons (Fsp3) is 0. The van der Waals surface area contributed by atoms with E-state index in [-0.39, 0.29) is 5.56 Å². The molecule has 0 bridgehead atoms. The summed E-state index contributed by atoms with van der Waals surface area (Å²) in [6.45, 7) is 0. The zero-order chi connectivity index (χ0) is 11.5. The third-order valence-corrected chi connectivity index (χ3v) is 2.00. The number of primary amides is 1. The molecular weight excluding hydrogens is 208 g/mol. The molecule has 0 atom stereocenters. The van der Waals surface area contributed by atoms with E-state index in [2.05, 4.69) is 10.1 Å². The number of nitrogens with two attached hydrogens (primary N) is 1. The van der Waals surface area contributed by atoms with E-state index in [0.717, 1.165) is 4.68 Å². The van der Waals surface area contributed by atoms with E-state index in [0.29, 0.717) is 5.69 Å². The Bertz CT molecular complexity index is 577. The number of pyridine rings is 1. The van der Waals surface area contributed by atoms with Crippen molar-refractivity contribution in [2.75, 3.05) is 0 Å². The summed E-state index contributed by atoms with van der Waals surface area (Å²) in [6, 6.07) is 4.62. The Morgan fingerprint density at radius 3 is 2.75 bits per heavy atom.